The topological polar surface area (TPSA) is 72.9 Å². The van der Waals surface area contributed by atoms with Crippen LogP contribution >= 0.6 is 0 Å². The predicted octanol–water partition coefficient (Wildman–Crippen LogP) is 2.38. The van der Waals surface area contributed by atoms with Crippen LogP contribution in [-0.2, 0) is 19.1 Å². The summed E-state index contributed by atoms with van der Waals surface area (Å²) < 4.78 is 10.1. The van der Waals surface area contributed by atoms with E-state index in [0.29, 0.717) is 18.5 Å². The van der Waals surface area contributed by atoms with E-state index >= 15 is 0 Å². The Morgan fingerprint density at radius 3 is 2.42 bits per heavy atom. The van der Waals surface area contributed by atoms with Crippen LogP contribution in [0.3, 0.4) is 0 Å². The molecule has 1 aromatic rings. The number of ether oxygens (including phenoxy) is 2. The van der Waals surface area contributed by atoms with Crippen LogP contribution in [0, 0.1) is 0 Å². The van der Waals surface area contributed by atoms with Crippen molar-refractivity contribution in [1.29, 1.82) is 0 Å². The maximum atomic E-state index is 12.5. The minimum absolute atomic E-state index is 0.0788. The van der Waals surface area contributed by atoms with Gasteiger partial charge in [0.2, 0.25) is 0 Å². The molecule has 0 N–H and O–H groups in total. The van der Waals surface area contributed by atoms with Gasteiger partial charge in [0.15, 0.2) is 5.78 Å². The lowest BCUT2D eigenvalue weighted by Crippen LogP contribution is -2.40. The fraction of sp³-hybridized carbons (Fsp3) is 0.450. The van der Waals surface area contributed by atoms with Crippen LogP contribution in [0.25, 0.3) is 0 Å². The van der Waals surface area contributed by atoms with Crippen molar-refractivity contribution >= 4 is 17.7 Å². The van der Waals surface area contributed by atoms with Crippen LogP contribution in [0.1, 0.15) is 37.6 Å². The molecule has 1 aliphatic rings. The first-order valence-corrected chi connectivity index (χ1v) is 8.52. The Kier molecular flexibility index (Phi) is 6.32. The van der Waals surface area contributed by atoms with Gasteiger partial charge in [-0.05, 0) is 32.8 Å². The minimum atomic E-state index is -0.586. The first kappa shape index (κ1) is 19.8. The molecular weight excluding hydrogens is 334 g/mol. The molecule has 2 rings (SSSR count). The van der Waals surface area contributed by atoms with E-state index < -0.39 is 23.6 Å². The van der Waals surface area contributed by atoms with Crippen molar-refractivity contribution in [3.05, 3.63) is 47.5 Å². The number of ketones is 1. The van der Waals surface area contributed by atoms with Crippen LogP contribution in [0.2, 0.25) is 0 Å². The summed E-state index contributed by atoms with van der Waals surface area (Å²) in [6.07, 6.45) is 1.75. The number of carbonyl (C=O) groups is 3. The Balaban J connectivity index is 2.12. The number of nitrogens with zero attached hydrogens (tertiary/aromatic N) is 1. The zero-order chi connectivity index (χ0) is 19.3. The van der Waals surface area contributed by atoms with E-state index in [1.165, 1.54) is 13.2 Å². The van der Waals surface area contributed by atoms with Gasteiger partial charge in [-0.15, -0.1) is 0 Å². The number of hydrogen-bond acceptors (Lipinski definition) is 6. The number of rotatable bonds is 5. The van der Waals surface area contributed by atoms with Crippen molar-refractivity contribution in [2.24, 2.45) is 0 Å². The first-order chi connectivity index (χ1) is 12.2. The molecule has 6 nitrogen and oxygen atoms in total. The molecule has 140 valence electrons. The highest BCUT2D eigenvalue weighted by Gasteiger charge is 2.36. The van der Waals surface area contributed by atoms with Crippen molar-refractivity contribution in [2.45, 2.75) is 38.8 Å². The van der Waals surface area contributed by atoms with Gasteiger partial charge in [0.1, 0.15) is 11.6 Å². The summed E-state index contributed by atoms with van der Waals surface area (Å²) in [5.41, 5.74) is 0.744. The summed E-state index contributed by atoms with van der Waals surface area (Å²) in [4.78, 5) is 38.3. The largest absolute Gasteiger partial charge is 0.468 e. The van der Waals surface area contributed by atoms with E-state index in [1.807, 2.05) is 6.07 Å². The molecule has 0 saturated carbocycles. The monoisotopic (exact) mass is 359 g/mol. The molecule has 1 aromatic carbocycles. The van der Waals surface area contributed by atoms with Gasteiger partial charge in [-0.2, -0.15) is 0 Å². The third-order valence-electron chi connectivity index (χ3n) is 3.95. The molecule has 1 atom stereocenters. The third-order valence-corrected chi connectivity index (χ3v) is 3.95. The van der Waals surface area contributed by atoms with E-state index in [0.717, 1.165) is 5.57 Å². The summed E-state index contributed by atoms with van der Waals surface area (Å²) >= 11 is 0. The number of hydrogen-bond donors (Lipinski definition) is 0. The summed E-state index contributed by atoms with van der Waals surface area (Å²) in [6, 6.07) is 8.32. The number of benzene rings is 1. The molecule has 0 radical (unpaired) electrons. The Bertz CT molecular complexity index is 703. The van der Waals surface area contributed by atoms with Crippen LogP contribution in [0.4, 0.5) is 0 Å². The number of Topliss-reactive ketones (excluding diaryl/α,β-unsaturated/α-hetero) is 1. The molecule has 0 spiro atoms. The van der Waals surface area contributed by atoms with Crippen molar-refractivity contribution in [3.8, 4) is 0 Å². The standard InChI is InChI=1S/C20H25NO5/c1-20(2,3)26-18(23)11-14-10-16(19(24)25-4)21(12-14)13-17(22)15-8-6-5-7-9-15/h5-9,11,16H,10,12-13H2,1-4H3/b14-11+. The van der Waals surface area contributed by atoms with Crippen molar-refractivity contribution in [2.75, 3.05) is 20.2 Å². The Labute approximate surface area is 153 Å². The first-order valence-electron chi connectivity index (χ1n) is 8.52. The van der Waals surface area contributed by atoms with Crippen LogP contribution < -0.4 is 0 Å². The Morgan fingerprint density at radius 1 is 1.19 bits per heavy atom. The Hall–Kier alpha value is -2.47. The van der Waals surface area contributed by atoms with Gasteiger partial charge < -0.3 is 9.47 Å². The van der Waals surface area contributed by atoms with Gasteiger partial charge in [-0.1, -0.05) is 30.3 Å². The Morgan fingerprint density at radius 2 is 1.85 bits per heavy atom. The smallest absolute Gasteiger partial charge is 0.331 e. The summed E-state index contributed by atoms with van der Waals surface area (Å²) in [7, 11) is 1.31. The normalized spacial score (nSPS) is 19.4. The third kappa shape index (κ3) is 5.52. The zero-order valence-electron chi connectivity index (χ0n) is 15.7. The predicted molar refractivity (Wildman–Crippen MR) is 96.7 cm³/mol. The quantitative estimate of drug-likeness (QED) is 0.457. The fourth-order valence-electron chi connectivity index (χ4n) is 2.85. The molecule has 0 aliphatic carbocycles. The number of likely N-dealkylation sites (tertiary alicyclic amines) is 1. The van der Waals surface area contributed by atoms with E-state index in [-0.39, 0.29) is 12.3 Å². The highest BCUT2D eigenvalue weighted by Crippen LogP contribution is 2.24. The van der Waals surface area contributed by atoms with Gasteiger partial charge in [0.25, 0.3) is 0 Å². The summed E-state index contributed by atoms with van der Waals surface area (Å²) in [5.74, 6) is -0.955. The second-order valence-electron chi connectivity index (χ2n) is 7.27. The lowest BCUT2D eigenvalue weighted by atomic mass is 10.1. The summed E-state index contributed by atoms with van der Waals surface area (Å²) in [5, 5.41) is 0. The molecule has 1 aliphatic heterocycles. The molecule has 1 saturated heterocycles. The SMILES string of the molecule is COC(=O)C1C/C(=C\C(=O)OC(C)(C)C)CN1CC(=O)c1ccccc1. The van der Waals surface area contributed by atoms with Crippen molar-refractivity contribution in [3.63, 3.8) is 0 Å². The maximum Gasteiger partial charge on any atom is 0.331 e. The molecular formula is C20H25NO5. The second kappa shape index (κ2) is 8.27. The number of esters is 2. The average molecular weight is 359 g/mol. The van der Waals surface area contributed by atoms with Gasteiger partial charge >= 0.3 is 11.9 Å². The van der Waals surface area contributed by atoms with Gasteiger partial charge in [0.05, 0.1) is 13.7 Å². The molecule has 0 aromatic heterocycles. The molecule has 0 bridgehead atoms. The average Bonchev–Trinajstić information content (AvgIpc) is 2.95. The molecule has 1 heterocycles. The zero-order valence-corrected chi connectivity index (χ0v) is 15.7. The lowest BCUT2D eigenvalue weighted by Gasteiger charge is -2.20. The van der Waals surface area contributed by atoms with Crippen molar-refractivity contribution in [1.82, 2.24) is 4.90 Å². The lowest BCUT2D eigenvalue weighted by molar-refractivity contribution is -0.148. The van der Waals surface area contributed by atoms with Crippen LogP contribution in [-0.4, -0.2) is 54.5 Å². The van der Waals surface area contributed by atoms with E-state index in [9.17, 15) is 14.4 Å². The van der Waals surface area contributed by atoms with E-state index in [4.69, 9.17) is 9.47 Å². The van der Waals surface area contributed by atoms with E-state index in [2.05, 4.69) is 0 Å². The van der Waals surface area contributed by atoms with Gasteiger partial charge in [-0.25, -0.2) is 4.79 Å². The molecule has 0 amide bonds. The maximum absolute atomic E-state index is 12.5. The van der Waals surface area contributed by atoms with E-state index in [1.54, 1.807) is 49.9 Å². The number of carbonyl (C=O) groups excluding carboxylic acids is 3. The molecule has 26 heavy (non-hydrogen) atoms. The molecule has 1 fully saturated rings. The minimum Gasteiger partial charge on any atom is -0.468 e. The van der Waals surface area contributed by atoms with Crippen LogP contribution in [0.5, 0.6) is 0 Å². The summed E-state index contributed by atoms with van der Waals surface area (Å²) in [6.45, 7) is 5.80. The molecule has 1 unspecified atom stereocenters. The van der Waals surface area contributed by atoms with Gasteiger partial charge in [0, 0.05) is 18.2 Å². The van der Waals surface area contributed by atoms with Gasteiger partial charge in [-0.3, -0.25) is 14.5 Å². The molecule has 6 heteroatoms. The highest BCUT2D eigenvalue weighted by atomic mass is 16.6. The van der Waals surface area contributed by atoms with Crippen molar-refractivity contribution < 1.29 is 23.9 Å². The highest BCUT2D eigenvalue weighted by molar-refractivity contribution is 5.98. The van der Waals surface area contributed by atoms with Crippen LogP contribution in [0.15, 0.2) is 42.0 Å². The second-order valence-corrected chi connectivity index (χ2v) is 7.27. The fourth-order valence-corrected chi connectivity index (χ4v) is 2.85. The number of methoxy groups -OCH3 is 1.